The smallest absolute Gasteiger partial charge is 0.277 e. The Morgan fingerprint density at radius 1 is 1.16 bits per heavy atom. The number of hydrogen-bond acceptors (Lipinski definition) is 3. The van der Waals surface area contributed by atoms with Crippen molar-refractivity contribution in [1.82, 2.24) is 4.90 Å². The van der Waals surface area contributed by atoms with Crippen LogP contribution in [0, 0.1) is 10.1 Å². The van der Waals surface area contributed by atoms with Crippen LogP contribution in [0.2, 0.25) is 0 Å². The zero-order chi connectivity index (χ0) is 14.0. The highest BCUT2D eigenvalue weighted by Crippen LogP contribution is 2.28. The van der Waals surface area contributed by atoms with Gasteiger partial charge in [0.05, 0.1) is 16.7 Å². The first-order chi connectivity index (χ1) is 9.00. The highest BCUT2D eigenvalue weighted by Gasteiger charge is 2.15. The molecule has 0 N–H and O–H groups in total. The fourth-order valence-electron chi connectivity index (χ4n) is 1.98. The Kier molecular flexibility index (Phi) is 3.46. The lowest BCUT2D eigenvalue weighted by Crippen LogP contribution is -2.23. The number of benzene rings is 2. The molecule has 2 aromatic carbocycles. The Bertz CT molecular complexity index is 650. The number of likely N-dealkylation sites (N-methyl/N-ethyl adjacent to an activating group) is 1. The number of fused-ring (bicyclic) bond motifs is 1. The quantitative estimate of drug-likeness (QED) is 0.627. The number of amides is 1. The van der Waals surface area contributed by atoms with Gasteiger partial charge in [0, 0.05) is 20.2 Å². The summed E-state index contributed by atoms with van der Waals surface area (Å²) in [5.74, 6) is -0.0287. The van der Waals surface area contributed by atoms with E-state index in [1.807, 2.05) is 6.07 Å². The molecule has 0 spiro atoms. The van der Waals surface area contributed by atoms with Crippen LogP contribution in [-0.2, 0) is 11.2 Å². The Morgan fingerprint density at radius 3 is 2.37 bits per heavy atom. The highest BCUT2D eigenvalue weighted by molar-refractivity contribution is 5.95. The zero-order valence-electron chi connectivity index (χ0n) is 10.8. The van der Waals surface area contributed by atoms with Gasteiger partial charge in [0.2, 0.25) is 5.91 Å². The van der Waals surface area contributed by atoms with E-state index in [0.717, 1.165) is 10.9 Å². The Labute approximate surface area is 110 Å². The summed E-state index contributed by atoms with van der Waals surface area (Å²) >= 11 is 0. The van der Waals surface area contributed by atoms with Gasteiger partial charge in [0.15, 0.2) is 0 Å². The van der Waals surface area contributed by atoms with E-state index in [0.29, 0.717) is 5.39 Å². The first-order valence-electron chi connectivity index (χ1n) is 5.86. The van der Waals surface area contributed by atoms with Crippen LogP contribution in [0.25, 0.3) is 10.8 Å². The van der Waals surface area contributed by atoms with Crippen LogP contribution in [0.15, 0.2) is 36.4 Å². The van der Waals surface area contributed by atoms with Crippen molar-refractivity contribution in [3.63, 3.8) is 0 Å². The number of carbonyl (C=O) groups is 1. The van der Waals surface area contributed by atoms with Crippen LogP contribution < -0.4 is 0 Å². The minimum atomic E-state index is -0.403. The molecule has 0 aliphatic rings. The Balaban J connectivity index is 2.56. The topological polar surface area (TPSA) is 63.5 Å². The van der Waals surface area contributed by atoms with Crippen molar-refractivity contribution >= 4 is 22.4 Å². The van der Waals surface area contributed by atoms with Crippen molar-refractivity contribution in [2.24, 2.45) is 0 Å². The first-order valence-corrected chi connectivity index (χ1v) is 5.86. The van der Waals surface area contributed by atoms with E-state index in [-0.39, 0.29) is 18.0 Å². The molecule has 0 aromatic heterocycles. The summed E-state index contributed by atoms with van der Waals surface area (Å²) in [6.07, 6.45) is 0.242. The van der Waals surface area contributed by atoms with Gasteiger partial charge in [-0.25, -0.2) is 0 Å². The molecule has 1 amide bonds. The molecule has 19 heavy (non-hydrogen) atoms. The Morgan fingerprint density at radius 2 is 1.79 bits per heavy atom. The molecule has 0 heterocycles. The molecule has 5 heteroatoms. The lowest BCUT2D eigenvalue weighted by Gasteiger charge is -2.11. The maximum atomic E-state index is 11.8. The average molecular weight is 258 g/mol. The van der Waals surface area contributed by atoms with E-state index >= 15 is 0 Å². The number of rotatable bonds is 3. The largest absolute Gasteiger partial charge is 0.349 e. The second-order valence-electron chi connectivity index (χ2n) is 4.51. The van der Waals surface area contributed by atoms with Crippen molar-refractivity contribution < 1.29 is 9.72 Å². The SMILES string of the molecule is CN(C)C(=O)Cc1ccc([N+](=O)[O-])c2ccccc12. The number of carbonyl (C=O) groups excluding carboxylic acids is 1. The lowest BCUT2D eigenvalue weighted by molar-refractivity contribution is -0.383. The van der Waals surface area contributed by atoms with Crippen LogP contribution in [0.3, 0.4) is 0 Å². The number of non-ortho nitro benzene ring substituents is 1. The monoisotopic (exact) mass is 258 g/mol. The van der Waals surface area contributed by atoms with Crippen LogP contribution in [0.5, 0.6) is 0 Å². The van der Waals surface area contributed by atoms with Crippen molar-refractivity contribution in [1.29, 1.82) is 0 Å². The summed E-state index contributed by atoms with van der Waals surface area (Å²) in [7, 11) is 3.38. The number of nitro groups is 1. The standard InChI is InChI=1S/C14H14N2O3/c1-15(2)14(17)9-10-7-8-13(16(18)19)12-6-4-3-5-11(10)12/h3-8H,9H2,1-2H3. The van der Waals surface area contributed by atoms with Gasteiger partial charge < -0.3 is 4.90 Å². The van der Waals surface area contributed by atoms with Crippen molar-refractivity contribution in [3.8, 4) is 0 Å². The molecule has 0 unspecified atom stereocenters. The molecule has 0 atom stereocenters. The van der Waals surface area contributed by atoms with Gasteiger partial charge in [-0.15, -0.1) is 0 Å². The van der Waals surface area contributed by atoms with E-state index in [2.05, 4.69) is 0 Å². The zero-order valence-corrected chi connectivity index (χ0v) is 10.8. The third-order valence-electron chi connectivity index (χ3n) is 3.03. The summed E-state index contributed by atoms with van der Waals surface area (Å²) in [5, 5.41) is 12.3. The van der Waals surface area contributed by atoms with Gasteiger partial charge in [-0.2, -0.15) is 0 Å². The van der Waals surface area contributed by atoms with Gasteiger partial charge in [-0.1, -0.05) is 24.3 Å². The summed E-state index contributed by atoms with van der Waals surface area (Å²) in [6, 6.07) is 10.2. The molecule has 0 bridgehead atoms. The summed E-state index contributed by atoms with van der Waals surface area (Å²) < 4.78 is 0. The van der Waals surface area contributed by atoms with Gasteiger partial charge in [0.25, 0.3) is 5.69 Å². The van der Waals surface area contributed by atoms with Crippen LogP contribution in [0.1, 0.15) is 5.56 Å². The van der Waals surface area contributed by atoms with E-state index in [1.54, 1.807) is 38.4 Å². The third kappa shape index (κ3) is 2.54. The van der Waals surface area contributed by atoms with Gasteiger partial charge >= 0.3 is 0 Å². The molecule has 0 fully saturated rings. The molecule has 2 aromatic rings. The minimum absolute atomic E-state index is 0.0287. The molecule has 98 valence electrons. The molecule has 5 nitrogen and oxygen atoms in total. The fraction of sp³-hybridized carbons (Fsp3) is 0.214. The molecule has 0 saturated heterocycles. The highest BCUT2D eigenvalue weighted by atomic mass is 16.6. The number of nitrogens with zero attached hydrogens (tertiary/aromatic N) is 2. The minimum Gasteiger partial charge on any atom is -0.349 e. The van der Waals surface area contributed by atoms with Crippen LogP contribution >= 0.6 is 0 Å². The van der Waals surface area contributed by atoms with E-state index in [4.69, 9.17) is 0 Å². The fourth-order valence-corrected chi connectivity index (χ4v) is 1.98. The number of nitro benzene ring substituents is 1. The summed E-state index contributed by atoms with van der Waals surface area (Å²) in [4.78, 5) is 23.9. The predicted octanol–water partition coefficient (Wildman–Crippen LogP) is 2.38. The summed E-state index contributed by atoms with van der Waals surface area (Å²) in [5.41, 5.74) is 0.872. The second-order valence-corrected chi connectivity index (χ2v) is 4.51. The maximum absolute atomic E-state index is 11.8. The lowest BCUT2D eigenvalue weighted by atomic mass is 10.0. The molecule has 0 aliphatic heterocycles. The summed E-state index contributed by atoms with van der Waals surface area (Å²) in [6.45, 7) is 0. The normalized spacial score (nSPS) is 10.4. The number of hydrogen-bond donors (Lipinski definition) is 0. The molecule has 0 aliphatic carbocycles. The molecule has 0 saturated carbocycles. The van der Waals surface area contributed by atoms with E-state index in [9.17, 15) is 14.9 Å². The Hall–Kier alpha value is -2.43. The van der Waals surface area contributed by atoms with Gasteiger partial charge in [-0.3, -0.25) is 14.9 Å². The van der Waals surface area contributed by atoms with Gasteiger partial charge in [0.1, 0.15) is 0 Å². The molecular weight excluding hydrogens is 244 g/mol. The first kappa shape index (κ1) is 13.0. The third-order valence-corrected chi connectivity index (χ3v) is 3.03. The molecule has 0 radical (unpaired) electrons. The van der Waals surface area contributed by atoms with E-state index < -0.39 is 4.92 Å². The van der Waals surface area contributed by atoms with Crippen molar-refractivity contribution in [2.75, 3.05) is 14.1 Å². The van der Waals surface area contributed by atoms with Crippen LogP contribution in [0.4, 0.5) is 5.69 Å². The van der Waals surface area contributed by atoms with Gasteiger partial charge in [-0.05, 0) is 17.0 Å². The average Bonchev–Trinajstić information content (AvgIpc) is 2.38. The molecular formula is C14H14N2O3. The van der Waals surface area contributed by atoms with E-state index in [1.165, 1.54) is 11.0 Å². The van der Waals surface area contributed by atoms with Crippen LogP contribution in [-0.4, -0.2) is 29.8 Å². The maximum Gasteiger partial charge on any atom is 0.277 e. The second kappa shape index (κ2) is 5.06. The predicted molar refractivity (Wildman–Crippen MR) is 73.0 cm³/mol. The van der Waals surface area contributed by atoms with Crippen molar-refractivity contribution in [3.05, 3.63) is 52.1 Å². The van der Waals surface area contributed by atoms with Crippen molar-refractivity contribution in [2.45, 2.75) is 6.42 Å². The molecule has 2 rings (SSSR count).